The number of rotatable bonds is 3. The standard InChI is InChI=1S/C8H7N5O2S/c9-6-5(7(14)15)16-8(13-6)12-4-1-10-3-11-2-4/h1-3H,9H2,(H,12,13)(H,14,15). The summed E-state index contributed by atoms with van der Waals surface area (Å²) in [5.74, 6) is -1.09. The molecule has 0 aliphatic rings. The lowest BCUT2D eigenvalue weighted by atomic mass is 10.5. The van der Waals surface area contributed by atoms with E-state index < -0.39 is 5.97 Å². The first-order valence-electron chi connectivity index (χ1n) is 4.18. The Balaban J connectivity index is 2.23. The minimum absolute atomic E-state index is 0.00292. The van der Waals surface area contributed by atoms with Gasteiger partial charge in [0.2, 0.25) is 0 Å². The van der Waals surface area contributed by atoms with Crippen LogP contribution in [0.15, 0.2) is 18.7 Å². The van der Waals surface area contributed by atoms with Crippen molar-refractivity contribution in [2.24, 2.45) is 0 Å². The Bertz CT molecular complexity index is 512. The Kier molecular flexibility index (Phi) is 2.64. The van der Waals surface area contributed by atoms with E-state index in [4.69, 9.17) is 10.8 Å². The number of aromatic nitrogens is 3. The number of thiazole rings is 1. The highest BCUT2D eigenvalue weighted by atomic mass is 32.1. The van der Waals surface area contributed by atoms with Crippen molar-refractivity contribution in [1.82, 2.24) is 15.0 Å². The molecule has 0 fully saturated rings. The quantitative estimate of drug-likeness (QED) is 0.728. The first-order valence-corrected chi connectivity index (χ1v) is 5.00. The second-order valence-electron chi connectivity index (χ2n) is 2.79. The number of nitrogens with one attached hydrogen (secondary N) is 1. The smallest absolute Gasteiger partial charge is 0.349 e. The Labute approximate surface area is 94.0 Å². The minimum Gasteiger partial charge on any atom is -0.477 e. The normalized spacial score (nSPS) is 10.0. The van der Waals surface area contributed by atoms with Crippen LogP contribution < -0.4 is 11.1 Å². The Morgan fingerprint density at radius 1 is 1.44 bits per heavy atom. The van der Waals surface area contributed by atoms with Gasteiger partial charge in [0.1, 0.15) is 6.33 Å². The maximum atomic E-state index is 10.7. The predicted octanol–water partition coefficient (Wildman–Crippen LogP) is 0.957. The van der Waals surface area contributed by atoms with Crippen LogP contribution in [-0.4, -0.2) is 26.0 Å². The number of nitrogen functional groups attached to an aromatic ring is 1. The maximum Gasteiger partial charge on any atom is 0.349 e. The third-order valence-electron chi connectivity index (χ3n) is 1.66. The zero-order valence-corrected chi connectivity index (χ0v) is 8.73. The molecule has 7 nitrogen and oxygen atoms in total. The van der Waals surface area contributed by atoms with Gasteiger partial charge in [-0.3, -0.25) is 0 Å². The molecule has 0 amide bonds. The molecule has 4 N–H and O–H groups in total. The summed E-state index contributed by atoms with van der Waals surface area (Å²) in [4.78, 5) is 22.2. The molecule has 0 radical (unpaired) electrons. The lowest BCUT2D eigenvalue weighted by molar-refractivity contribution is 0.0703. The van der Waals surface area contributed by atoms with E-state index in [2.05, 4.69) is 20.3 Å². The van der Waals surface area contributed by atoms with Gasteiger partial charge in [-0.05, 0) is 0 Å². The van der Waals surface area contributed by atoms with Gasteiger partial charge >= 0.3 is 5.97 Å². The van der Waals surface area contributed by atoms with Crippen molar-refractivity contribution in [2.45, 2.75) is 0 Å². The number of hydrogen-bond acceptors (Lipinski definition) is 7. The number of anilines is 3. The van der Waals surface area contributed by atoms with E-state index in [9.17, 15) is 4.79 Å². The fourth-order valence-corrected chi connectivity index (χ4v) is 1.77. The number of carbonyl (C=O) groups is 1. The molecule has 2 aromatic rings. The number of hydrogen-bond donors (Lipinski definition) is 3. The molecule has 0 saturated carbocycles. The number of nitrogens with zero attached hydrogens (tertiary/aromatic N) is 3. The molecule has 2 heterocycles. The fraction of sp³-hybridized carbons (Fsp3) is 0. The van der Waals surface area contributed by atoms with E-state index in [1.165, 1.54) is 6.33 Å². The first-order chi connectivity index (χ1) is 7.66. The van der Waals surface area contributed by atoms with E-state index in [-0.39, 0.29) is 10.7 Å². The van der Waals surface area contributed by atoms with Gasteiger partial charge in [-0.25, -0.2) is 19.7 Å². The average Bonchev–Trinajstić information content (AvgIpc) is 2.61. The largest absolute Gasteiger partial charge is 0.477 e. The number of nitrogens with two attached hydrogens (primary N) is 1. The summed E-state index contributed by atoms with van der Waals surface area (Å²) >= 11 is 0.960. The van der Waals surface area contributed by atoms with E-state index >= 15 is 0 Å². The highest BCUT2D eigenvalue weighted by Crippen LogP contribution is 2.26. The molecular weight excluding hydrogens is 230 g/mol. The van der Waals surface area contributed by atoms with Crippen molar-refractivity contribution in [2.75, 3.05) is 11.1 Å². The van der Waals surface area contributed by atoms with Gasteiger partial charge in [0.15, 0.2) is 15.8 Å². The number of carboxylic acids is 1. The fourth-order valence-electron chi connectivity index (χ4n) is 1.03. The van der Waals surface area contributed by atoms with E-state index in [1.54, 1.807) is 12.4 Å². The van der Waals surface area contributed by atoms with Gasteiger partial charge in [-0.1, -0.05) is 11.3 Å². The SMILES string of the molecule is Nc1nc(Nc2cncnc2)sc1C(=O)O. The maximum absolute atomic E-state index is 10.7. The predicted molar refractivity (Wildman–Crippen MR) is 58.8 cm³/mol. The molecule has 82 valence electrons. The van der Waals surface area contributed by atoms with Crippen LogP contribution >= 0.6 is 11.3 Å². The Morgan fingerprint density at radius 3 is 2.69 bits per heavy atom. The van der Waals surface area contributed by atoms with Crippen molar-refractivity contribution >= 4 is 33.9 Å². The van der Waals surface area contributed by atoms with E-state index in [0.717, 1.165) is 11.3 Å². The van der Waals surface area contributed by atoms with Crippen LogP contribution in [0.2, 0.25) is 0 Å². The molecule has 8 heteroatoms. The monoisotopic (exact) mass is 237 g/mol. The summed E-state index contributed by atoms with van der Waals surface area (Å²) in [7, 11) is 0. The lowest BCUT2D eigenvalue weighted by Gasteiger charge is -1.98. The number of aromatic carboxylic acids is 1. The molecule has 0 aliphatic carbocycles. The van der Waals surface area contributed by atoms with Crippen molar-refractivity contribution in [3.8, 4) is 0 Å². The lowest BCUT2D eigenvalue weighted by Crippen LogP contribution is -1.97. The Morgan fingerprint density at radius 2 is 2.12 bits per heavy atom. The van der Waals surface area contributed by atoms with Gasteiger partial charge in [0, 0.05) is 0 Å². The molecule has 0 bridgehead atoms. The molecule has 0 aliphatic heterocycles. The summed E-state index contributed by atoms with van der Waals surface area (Å²) in [5, 5.41) is 12.0. The van der Waals surface area contributed by atoms with E-state index in [1.807, 2.05) is 0 Å². The molecule has 0 unspecified atom stereocenters. The molecule has 0 spiro atoms. The van der Waals surface area contributed by atoms with Crippen molar-refractivity contribution < 1.29 is 9.90 Å². The highest BCUT2D eigenvalue weighted by molar-refractivity contribution is 7.18. The van der Waals surface area contributed by atoms with Gasteiger partial charge in [0.05, 0.1) is 18.1 Å². The molecule has 2 rings (SSSR count). The zero-order chi connectivity index (χ0) is 11.5. The Hall–Kier alpha value is -2.22. The molecule has 0 atom stereocenters. The topological polar surface area (TPSA) is 114 Å². The number of carboxylic acid groups (broad SMARTS) is 1. The summed E-state index contributed by atoms with van der Waals surface area (Å²) in [6, 6.07) is 0. The summed E-state index contributed by atoms with van der Waals surface area (Å²) in [6.45, 7) is 0. The van der Waals surface area contributed by atoms with Crippen LogP contribution in [0.1, 0.15) is 9.67 Å². The zero-order valence-electron chi connectivity index (χ0n) is 7.91. The van der Waals surface area contributed by atoms with Crippen LogP contribution in [0.4, 0.5) is 16.6 Å². The molecule has 2 aromatic heterocycles. The van der Waals surface area contributed by atoms with E-state index in [0.29, 0.717) is 10.8 Å². The third-order valence-corrected chi connectivity index (χ3v) is 2.63. The van der Waals surface area contributed by atoms with Gasteiger partial charge < -0.3 is 16.2 Å². The van der Waals surface area contributed by atoms with Crippen molar-refractivity contribution in [3.63, 3.8) is 0 Å². The van der Waals surface area contributed by atoms with Gasteiger partial charge in [-0.2, -0.15) is 0 Å². The highest BCUT2D eigenvalue weighted by Gasteiger charge is 2.14. The van der Waals surface area contributed by atoms with Gasteiger partial charge in [0.25, 0.3) is 0 Å². The van der Waals surface area contributed by atoms with Crippen LogP contribution in [0.3, 0.4) is 0 Å². The molecule has 16 heavy (non-hydrogen) atoms. The van der Waals surface area contributed by atoms with Crippen LogP contribution in [0.5, 0.6) is 0 Å². The molecular formula is C8H7N5O2S. The summed E-state index contributed by atoms with van der Waals surface area (Å²) in [5.41, 5.74) is 6.06. The van der Waals surface area contributed by atoms with Gasteiger partial charge in [-0.15, -0.1) is 0 Å². The van der Waals surface area contributed by atoms with Crippen molar-refractivity contribution in [3.05, 3.63) is 23.6 Å². The van der Waals surface area contributed by atoms with Crippen LogP contribution in [0.25, 0.3) is 0 Å². The summed E-state index contributed by atoms with van der Waals surface area (Å²) < 4.78 is 0. The third kappa shape index (κ3) is 2.06. The minimum atomic E-state index is -1.09. The second-order valence-corrected chi connectivity index (χ2v) is 3.79. The van der Waals surface area contributed by atoms with Crippen molar-refractivity contribution in [1.29, 1.82) is 0 Å². The second kappa shape index (κ2) is 4.11. The molecule has 0 saturated heterocycles. The first kappa shape index (κ1) is 10.3. The average molecular weight is 237 g/mol. The van der Waals surface area contributed by atoms with Crippen LogP contribution in [0, 0.1) is 0 Å². The summed E-state index contributed by atoms with van der Waals surface area (Å²) in [6.07, 6.45) is 4.49. The molecule has 0 aromatic carbocycles. The van der Waals surface area contributed by atoms with Crippen LogP contribution in [-0.2, 0) is 0 Å².